The molecule has 1 fully saturated rings. The number of hydrogen-bond donors (Lipinski definition) is 2. The first kappa shape index (κ1) is 20.7. The Hall–Kier alpha value is -3.18. The van der Waals surface area contributed by atoms with Crippen LogP contribution in [0.4, 0.5) is 5.82 Å². The van der Waals surface area contributed by atoms with Crippen LogP contribution in [0.1, 0.15) is 24.8 Å². The van der Waals surface area contributed by atoms with Crippen LogP contribution in [0.25, 0.3) is 21.7 Å². The molecule has 0 bridgehead atoms. The minimum atomic E-state index is 0.635. The molecule has 0 amide bonds. The number of nitrogens with zero attached hydrogens (tertiary/aromatic N) is 2. The van der Waals surface area contributed by atoms with Gasteiger partial charge in [-0.1, -0.05) is 42.5 Å². The maximum absolute atomic E-state index is 6.07. The number of anilines is 1. The number of fused-ring (bicyclic) bond motifs is 2. The van der Waals surface area contributed by atoms with Crippen LogP contribution < -0.4 is 15.4 Å². The zero-order valence-corrected chi connectivity index (χ0v) is 18.4. The number of rotatable bonds is 8. The van der Waals surface area contributed by atoms with Gasteiger partial charge in [-0.3, -0.25) is 0 Å². The van der Waals surface area contributed by atoms with Crippen LogP contribution >= 0.6 is 0 Å². The highest BCUT2D eigenvalue weighted by Crippen LogP contribution is 2.25. The highest BCUT2D eigenvalue weighted by atomic mass is 16.5. The number of aromatic nitrogens is 2. The van der Waals surface area contributed by atoms with Gasteiger partial charge < -0.3 is 15.4 Å². The van der Waals surface area contributed by atoms with Crippen molar-refractivity contribution in [2.45, 2.75) is 25.7 Å². The molecule has 0 unspecified atom stereocenters. The van der Waals surface area contributed by atoms with E-state index < -0.39 is 0 Å². The van der Waals surface area contributed by atoms with E-state index in [0.29, 0.717) is 5.92 Å². The van der Waals surface area contributed by atoms with Crippen LogP contribution in [0.3, 0.4) is 0 Å². The maximum Gasteiger partial charge on any atom is 0.137 e. The van der Waals surface area contributed by atoms with E-state index in [1.807, 2.05) is 12.1 Å². The summed E-state index contributed by atoms with van der Waals surface area (Å²) >= 11 is 0. The van der Waals surface area contributed by atoms with Crippen molar-refractivity contribution in [3.05, 3.63) is 72.6 Å². The van der Waals surface area contributed by atoms with Crippen LogP contribution in [0.2, 0.25) is 0 Å². The number of piperidine rings is 1. The molecule has 1 aliphatic heterocycles. The van der Waals surface area contributed by atoms with E-state index in [1.165, 1.54) is 29.2 Å². The topological polar surface area (TPSA) is 59.1 Å². The summed E-state index contributed by atoms with van der Waals surface area (Å²) in [6.07, 6.45) is 6.07. The first-order valence-electron chi connectivity index (χ1n) is 11.7. The van der Waals surface area contributed by atoms with Crippen molar-refractivity contribution in [1.29, 1.82) is 0 Å². The quantitative estimate of drug-likeness (QED) is 0.379. The average Bonchev–Trinajstić information content (AvgIpc) is 2.86. The van der Waals surface area contributed by atoms with Crippen molar-refractivity contribution >= 4 is 27.5 Å². The smallest absolute Gasteiger partial charge is 0.137 e. The lowest BCUT2D eigenvalue weighted by Crippen LogP contribution is -2.30. The summed E-state index contributed by atoms with van der Waals surface area (Å²) in [5.41, 5.74) is 2.31. The predicted molar refractivity (Wildman–Crippen MR) is 131 cm³/mol. The van der Waals surface area contributed by atoms with Crippen molar-refractivity contribution in [3.8, 4) is 5.75 Å². The molecular weight excluding hydrogens is 396 g/mol. The van der Waals surface area contributed by atoms with Gasteiger partial charge in [-0.15, -0.1) is 0 Å². The molecule has 0 aliphatic carbocycles. The number of ether oxygens (including phenoxy) is 1. The van der Waals surface area contributed by atoms with Crippen molar-refractivity contribution in [1.82, 2.24) is 15.3 Å². The van der Waals surface area contributed by atoms with Crippen LogP contribution in [-0.2, 0) is 6.42 Å². The lowest BCUT2D eigenvalue weighted by atomic mass is 9.99. The number of aryl methyl sites for hydroxylation is 1. The highest BCUT2D eigenvalue weighted by molar-refractivity contribution is 5.89. The van der Waals surface area contributed by atoms with E-state index in [2.05, 4.69) is 69.1 Å². The Balaban J connectivity index is 1.19. The molecule has 2 N–H and O–H groups in total. The molecular formula is C27H30N4O. The minimum absolute atomic E-state index is 0.635. The Morgan fingerprint density at radius 1 is 0.938 bits per heavy atom. The molecule has 5 heteroatoms. The molecule has 2 heterocycles. The second-order valence-electron chi connectivity index (χ2n) is 8.57. The van der Waals surface area contributed by atoms with E-state index in [4.69, 9.17) is 4.74 Å². The van der Waals surface area contributed by atoms with E-state index in [9.17, 15) is 0 Å². The van der Waals surface area contributed by atoms with Gasteiger partial charge in [-0.25, -0.2) is 9.97 Å². The third-order valence-corrected chi connectivity index (χ3v) is 6.35. The van der Waals surface area contributed by atoms with Gasteiger partial charge in [0.2, 0.25) is 0 Å². The monoisotopic (exact) mass is 426 g/mol. The summed E-state index contributed by atoms with van der Waals surface area (Å²) in [6.45, 7) is 3.82. The van der Waals surface area contributed by atoms with Gasteiger partial charge >= 0.3 is 0 Å². The maximum atomic E-state index is 6.07. The number of hydrogen-bond acceptors (Lipinski definition) is 5. The summed E-state index contributed by atoms with van der Waals surface area (Å²) in [6, 6.07) is 21.3. The van der Waals surface area contributed by atoms with Crippen LogP contribution in [0.15, 0.2) is 67.0 Å². The van der Waals surface area contributed by atoms with Crippen molar-refractivity contribution in [3.63, 3.8) is 0 Å². The Morgan fingerprint density at radius 3 is 2.75 bits per heavy atom. The van der Waals surface area contributed by atoms with Gasteiger partial charge in [-0.05, 0) is 73.2 Å². The molecule has 5 rings (SSSR count). The highest BCUT2D eigenvalue weighted by Gasteiger charge is 2.14. The summed E-state index contributed by atoms with van der Waals surface area (Å²) < 4.78 is 6.07. The predicted octanol–water partition coefficient (Wildman–Crippen LogP) is 5.21. The summed E-state index contributed by atoms with van der Waals surface area (Å²) in [5, 5.41) is 10.6. The Bertz CT molecular complexity index is 1180. The lowest BCUT2D eigenvalue weighted by molar-refractivity contribution is 0.215. The summed E-state index contributed by atoms with van der Waals surface area (Å²) in [4.78, 5) is 8.95. The average molecular weight is 427 g/mol. The molecule has 32 heavy (non-hydrogen) atoms. The third-order valence-electron chi connectivity index (χ3n) is 6.35. The molecule has 4 aromatic rings. The SMILES string of the molecule is c1ccc2c(CCCNc3ncnc4cc(OCC5CCNCC5)ccc34)cccc2c1. The Labute approximate surface area is 189 Å². The molecule has 0 spiro atoms. The van der Waals surface area contributed by atoms with E-state index >= 15 is 0 Å². The largest absolute Gasteiger partial charge is 0.493 e. The first-order valence-corrected chi connectivity index (χ1v) is 11.7. The molecule has 1 saturated heterocycles. The molecule has 3 aromatic carbocycles. The second kappa shape index (κ2) is 9.96. The third kappa shape index (κ3) is 4.83. The fourth-order valence-electron chi connectivity index (χ4n) is 4.53. The second-order valence-corrected chi connectivity index (χ2v) is 8.57. The summed E-state index contributed by atoms with van der Waals surface area (Å²) in [7, 11) is 0. The molecule has 0 atom stereocenters. The zero-order valence-electron chi connectivity index (χ0n) is 18.4. The van der Waals surface area contributed by atoms with E-state index in [-0.39, 0.29) is 0 Å². The Morgan fingerprint density at radius 2 is 1.81 bits per heavy atom. The molecule has 0 saturated carbocycles. The normalized spacial score (nSPS) is 14.6. The van der Waals surface area contributed by atoms with Gasteiger partial charge in [0.15, 0.2) is 0 Å². The lowest BCUT2D eigenvalue weighted by Gasteiger charge is -2.22. The molecule has 1 aliphatic rings. The molecule has 0 radical (unpaired) electrons. The van der Waals surface area contributed by atoms with Gasteiger partial charge in [0.1, 0.15) is 17.9 Å². The van der Waals surface area contributed by atoms with Crippen LogP contribution in [-0.4, -0.2) is 36.2 Å². The van der Waals surface area contributed by atoms with Crippen molar-refractivity contribution in [2.24, 2.45) is 5.92 Å². The Kier molecular flexibility index (Phi) is 6.45. The molecule has 5 nitrogen and oxygen atoms in total. The van der Waals surface area contributed by atoms with Crippen molar-refractivity contribution in [2.75, 3.05) is 31.6 Å². The van der Waals surface area contributed by atoms with Crippen LogP contribution in [0.5, 0.6) is 5.75 Å². The standard InChI is InChI=1S/C27H30N4O/c1-2-9-24-21(5-1)6-3-7-22(24)8-4-14-29-27-25-11-10-23(17-26(25)30-19-31-27)32-18-20-12-15-28-16-13-20/h1-3,5-7,9-11,17,19-20,28H,4,8,12-16,18H2,(H,29,30,31). The summed E-state index contributed by atoms with van der Waals surface area (Å²) in [5.74, 6) is 2.41. The fraction of sp³-hybridized carbons (Fsp3) is 0.333. The van der Waals surface area contributed by atoms with Gasteiger partial charge in [0, 0.05) is 18.0 Å². The first-order chi connectivity index (χ1) is 15.9. The van der Waals surface area contributed by atoms with E-state index in [0.717, 1.165) is 61.6 Å². The zero-order chi connectivity index (χ0) is 21.6. The molecule has 1 aromatic heterocycles. The van der Waals surface area contributed by atoms with Crippen molar-refractivity contribution < 1.29 is 4.74 Å². The van der Waals surface area contributed by atoms with Gasteiger partial charge in [0.25, 0.3) is 0 Å². The van der Waals surface area contributed by atoms with Gasteiger partial charge in [0.05, 0.1) is 12.1 Å². The van der Waals surface area contributed by atoms with E-state index in [1.54, 1.807) is 6.33 Å². The number of benzene rings is 3. The minimum Gasteiger partial charge on any atom is -0.493 e. The fourth-order valence-corrected chi connectivity index (χ4v) is 4.53. The number of nitrogens with one attached hydrogen (secondary N) is 2. The van der Waals surface area contributed by atoms with Crippen LogP contribution in [0, 0.1) is 5.92 Å². The van der Waals surface area contributed by atoms with Gasteiger partial charge in [-0.2, -0.15) is 0 Å². The molecule has 164 valence electrons.